The molecular weight excluding hydrogens is 326 g/mol. The monoisotopic (exact) mass is 347 g/mol. The second kappa shape index (κ2) is 7.03. The minimum Gasteiger partial charge on any atom is -0.354 e. The zero-order valence-electron chi connectivity index (χ0n) is 13.8. The summed E-state index contributed by atoms with van der Waals surface area (Å²) in [7, 11) is -2.12. The molecule has 0 aliphatic carbocycles. The highest BCUT2D eigenvalue weighted by Gasteiger charge is 2.41. The van der Waals surface area contributed by atoms with E-state index in [4.69, 9.17) is 9.47 Å². The number of aryl methyl sites for hydroxylation is 1. The van der Waals surface area contributed by atoms with Crippen LogP contribution in [0, 0.1) is 6.92 Å². The fourth-order valence-electron chi connectivity index (χ4n) is 2.74. The fraction of sp³-hybridized carbons (Fsp3) is 0.333. The van der Waals surface area contributed by atoms with Crippen molar-refractivity contribution in [3.05, 3.63) is 65.7 Å². The maximum absolute atomic E-state index is 13.0. The van der Waals surface area contributed by atoms with Gasteiger partial charge in [-0.1, -0.05) is 48.0 Å². The van der Waals surface area contributed by atoms with Crippen molar-refractivity contribution in [3.63, 3.8) is 0 Å². The summed E-state index contributed by atoms with van der Waals surface area (Å²) >= 11 is 0. The minimum absolute atomic E-state index is 0.185. The molecule has 2 aromatic carbocycles. The van der Waals surface area contributed by atoms with E-state index < -0.39 is 22.5 Å². The third kappa shape index (κ3) is 3.52. The summed E-state index contributed by atoms with van der Waals surface area (Å²) in [5.41, 5.74) is 2.03. The van der Waals surface area contributed by atoms with E-state index in [9.17, 15) is 8.42 Å². The summed E-state index contributed by atoms with van der Waals surface area (Å²) in [6.07, 6.45) is -0.659. The Kier molecular flexibility index (Phi) is 5.01. The van der Waals surface area contributed by atoms with Gasteiger partial charge in [-0.05, 0) is 24.6 Å². The molecule has 5 nitrogen and oxygen atoms in total. The predicted octanol–water partition coefficient (Wildman–Crippen LogP) is 2.56. The van der Waals surface area contributed by atoms with Crippen LogP contribution in [0.4, 0.5) is 0 Å². The highest BCUT2D eigenvalue weighted by Crippen LogP contribution is 2.27. The zero-order chi connectivity index (χ0) is 17.2. The number of hydrogen-bond donors (Lipinski definition) is 0. The van der Waals surface area contributed by atoms with Crippen molar-refractivity contribution in [2.45, 2.75) is 30.8 Å². The summed E-state index contributed by atoms with van der Waals surface area (Å²) in [5, 5.41) is 0. The summed E-state index contributed by atoms with van der Waals surface area (Å²) in [6, 6.07) is 16.5. The summed E-state index contributed by atoms with van der Waals surface area (Å²) in [4.78, 5) is 0.270. The largest absolute Gasteiger partial charge is 0.354 e. The Balaban J connectivity index is 1.89. The molecule has 1 heterocycles. The molecule has 2 unspecified atom stereocenters. The first-order valence-corrected chi connectivity index (χ1v) is 9.25. The molecule has 1 aliphatic heterocycles. The molecule has 0 spiro atoms. The quantitative estimate of drug-likeness (QED) is 0.834. The highest BCUT2D eigenvalue weighted by molar-refractivity contribution is 7.89. The van der Waals surface area contributed by atoms with Gasteiger partial charge >= 0.3 is 0 Å². The SMILES string of the molecule is COC1CN(S(=O)(=O)c2ccc(C)cc2)C(Cc2ccccc2)O1. The Morgan fingerprint density at radius 3 is 2.42 bits per heavy atom. The van der Waals surface area contributed by atoms with Crippen LogP contribution in [-0.4, -0.2) is 38.9 Å². The van der Waals surface area contributed by atoms with Crippen molar-refractivity contribution in [1.82, 2.24) is 4.31 Å². The Morgan fingerprint density at radius 1 is 1.12 bits per heavy atom. The van der Waals surface area contributed by atoms with E-state index in [1.54, 1.807) is 24.3 Å². The third-order valence-electron chi connectivity index (χ3n) is 4.10. The summed E-state index contributed by atoms with van der Waals surface area (Å²) in [6.45, 7) is 2.11. The maximum atomic E-state index is 13.0. The van der Waals surface area contributed by atoms with Gasteiger partial charge in [-0.25, -0.2) is 8.42 Å². The van der Waals surface area contributed by atoms with E-state index in [0.29, 0.717) is 6.42 Å². The average molecular weight is 347 g/mol. The summed E-state index contributed by atoms with van der Waals surface area (Å²) in [5.74, 6) is 0. The zero-order valence-corrected chi connectivity index (χ0v) is 14.6. The van der Waals surface area contributed by atoms with Crippen molar-refractivity contribution in [3.8, 4) is 0 Å². The topological polar surface area (TPSA) is 55.8 Å². The third-order valence-corrected chi connectivity index (χ3v) is 5.97. The van der Waals surface area contributed by atoms with Crippen LogP contribution >= 0.6 is 0 Å². The van der Waals surface area contributed by atoms with Crippen molar-refractivity contribution in [2.24, 2.45) is 0 Å². The van der Waals surface area contributed by atoms with Crippen LogP contribution in [0.3, 0.4) is 0 Å². The molecule has 1 saturated heterocycles. The molecule has 0 N–H and O–H groups in total. The van der Waals surface area contributed by atoms with Gasteiger partial charge in [-0.15, -0.1) is 0 Å². The van der Waals surface area contributed by atoms with Crippen molar-refractivity contribution in [1.29, 1.82) is 0 Å². The standard InChI is InChI=1S/C18H21NO4S/c1-14-8-10-16(11-9-14)24(20,21)19-13-18(22-2)23-17(19)12-15-6-4-3-5-7-15/h3-11,17-18H,12-13H2,1-2H3. The van der Waals surface area contributed by atoms with E-state index in [2.05, 4.69) is 0 Å². The van der Waals surface area contributed by atoms with Crippen LogP contribution in [-0.2, 0) is 25.9 Å². The van der Waals surface area contributed by atoms with Gasteiger partial charge in [-0.3, -0.25) is 0 Å². The van der Waals surface area contributed by atoms with Gasteiger partial charge in [0.2, 0.25) is 10.0 Å². The molecule has 0 saturated carbocycles. The number of sulfonamides is 1. The highest BCUT2D eigenvalue weighted by atomic mass is 32.2. The molecule has 0 bridgehead atoms. The molecule has 0 aromatic heterocycles. The lowest BCUT2D eigenvalue weighted by Crippen LogP contribution is -2.37. The van der Waals surface area contributed by atoms with Gasteiger partial charge in [0.15, 0.2) is 6.29 Å². The smallest absolute Gasteiger partial charge is 0.245 e. The molecule has 3 rings (SSSR count). The van der Waals surface area contributed by atoms with Gasteiger partial charge in [0, 0.05) is 13.5 Å². The Bertz CT molecular complexity index is 774. The second-order valence-electron chi connectivity index (χ2n) is 5.83. The van der Waals surface area contributed by atoms with E-state index in [-0.39, 0.29) is 11.4 Å². The molecule has 128 valence electrons. The van der Waals surface area contributed by atoms with Gasteiger partial charge in [0.1, 0.15) is 6.23 Å². The Hall–Kier alpha value is -1.73. The summed E-state index contributed by atoms with van der Waals surface area (Å²) < 4.78 is 38.4. The molecule has 2 atom stereocenters. The molecule has 24 heavy (non-hydrogen) atoms. The van der Waals surface area contributed by atoms with Crippen LogP contribution in [0.1, 0.15) is 11.1 Å². The van der Waals surface area contributed by atoms with Crippen LogP contribution < -0.4 is 0 Å². The molecular formula is C18H21NO4S. The number of nitrogens with zero attached hydrogens (tertiary/aromatic N) is 1. The van der Waals surface area contributed by atoms with Gasteiger partial charge < -0.3 is 9.47 Å². The lowest BCUT2D eigenvalue weighted by atomic mass is 10.1. The number of benzene rings is 2. The number of rotatable bonds is 5. The first-order chi connectivity index (χ1) is 11.5. The second-order valence-corrected chi connectivity index (χ2v) is 7.72. The first-order valence-electron chi connectivity index (χ1n) is 7.81. The molecule has 1 fully saturated rings. The Morgan fingerprint density at radius 2 is 1.79 bits per heavy atom. The number of hydrogen-bond acceptors (Lipinski definition) is 4. The first kappa shape index (κ1) is 17.1. The van der Waals surface area contributed by atoms with Gasteiger partial charge in [0.05, 0.1) is 11.4 Å². The van der Waals surface area contributed by atoms with E-state index in [0.717, 1.165) is 11.1 Å². The molecule has 0 radical (unpaired) electrons. The average Bonchev–Trinajstić information content (AvgIpc) is 3.00. The lowest BCUT2D eigenvalue weighted by Gasteiger charge is -2.22. The fourth-order valence-corrected chi connectivity index (χ4v) is 4.25. The van der Waals surface area contributed by atoms with Gasteiger partial charge in [0.25, 0.3) is 0 Å². The normalized spacial score (nSPS) is 21.9. The van der Waals surface area contributed by atoms with Gasteiger partial charge in [-0.2, -0.15) is 4.31 Å². The molecule has 1 aliphatic rings. The predicted molar refractivity (Wildman–Crippen MR) is 90.9 cm³/mol. The molecule has 6 heteroatoms. The van der Waals surface area contributed by atoms with Crippen LogP contribution in [0.25, 0.3) is 0 Å². The van der Waals surface area contributed by atoms with Crippen molar-refractivity contribution >= 4 is 10.0 Å². The molecule has 2 aromatic rings. The Labute approximate surface area is 142 Å². The molecule has 0 amide bonds. The minimum atomic E-state index is -3.64. The van der Waals surface area contributed by atoms with Crippen LogP contribution in [0.2, 0.25) is 0 Å². The number of methoxy groups -OCH3 is 1. The lowest BCUT2D eigenvalue weighted by molar-refractivity contribution is -0.112. The van der Waals surface area contributed by atoms with Crippen LogP contribution in [0.15, 0.2) is 59.5 Å². The van der Waals surface area contributed by atoms with E-state index >= 15 is 0 Å². The van der Waals surface area contributed by atoms with E-state index in [1.165, 1.54) is 11.4 Å². The van der Waals surface area contributed by atoms with Crippen molar-refractivity contribution < 1.29 is 17.9 Å². The maximum Gasteiger partial charge on any atom is 0.245 e. The van der Waals surface area contributed by atoms with Crippen molar-refractivity contribution in [2.75, 3.05) is 13.7 Å². The number of ether oxygens (including phenoxy) is 2. The van der Waals surface area contributed by atoms with E-state index in [1.807, 2.05) is 37.3 Å². The van der Waals surface area contributed by atoms with Crippen LogP contribution in [0.5, 0.6) is 0 Å².